The number of nitrogens with zero attached hydrogens (tertiary/aromatic N) is 1. The van der Waals surface area contributed by atoms with Crippen LogP contribution >= 0.6 is 0 Å². The number of fused-ring (bicyclic) bond motifs is 3. The third kappa shape index (κ3) is 14.2. The van der Waals surface area contributed by atoms with Gasteiger partial charge in [-0.05, 0) is 107 Å². The summed E-state index contributed by atoms with van der Waals surface area (Å²) < 4.78 is 23.7. The van der Waals surface area contributed by atoms with Crippen molar-refractivity contribution in [3.05, 3.63) is 47.6 Å². The summed E-state index contributed by atoms with van der Waals surface area (Å²) in [5, 5.41) is 33.7. The maximum Gasteiger partial charge on any atom is 0.329 e. The van der Waals surface area contributed by atoms with Crippen LogP contribution in [-0.2, 0) is 47.7 Å². The lowest BCUT2D eigenvalue weighted by molar-refractivity contribution is -0.265. The van der Waals surface area contributed by atoms with Gasteiger partial charge in [-0.15, -0.1) is 0 Å². The number of cyclic esters (lactones) is 1. The highest BCUT2D eigenvalue weighted by Gasteiger charge is 2.53. The Morgan fingerprint density at radius 1 is 0.892 bits per heavy atom. The fourth-order valence-electron chi connectivity index (χ4n) is 10.1. The Bertz CT molecular complexity index is 1790. The molecular formula is C51H77NO13. The summed E-state index contributed by atoms with van der Waals surface area (Å²) in [6, 6.07) is -1.16. The molecule has 0 aromatic carbocycles. The molecule has 1 amide bonds. The van der Waals surface area contributed by atoms with E-state index in [1.165, 1.54) is 11.0 Å². The first-order valence-corrected chi connectivity index (χ1v) is 23.8. The minimum absolute atomic E-state index is 0.0411. The lowest BCUT2D eigenvalue weighted by Gasteiger charge is -2.42. The van der Waals surface area contributed by atoms with Crippen molar-refractivity contribution in [1.82, 2.24) is 4.90 Å². The number of methoxy groups -OCH3 is 2. The molecule has 2 saturated heterocycles. The average molecular weight is 912 g/mol. The number of esters is 1. The van der Waals surface area contributed by atoms with E-state index < -0.39 is 89.5 Å². The molecule has 0 radical (unpaired) electrons. The fraction of sp³-hybridized carbons (Fsp3) is 0.725. The number of ether oxygens (including phenoxy) is 4. The first kappa shape index (κ1) is 54.0. The van der Waals surface area contributed by atoms with Crippen LogP contribution in [0.3, 0.4) is 0 Å². The molecule has 2 bridgehead atoms. The molecule has 1 saturated carbocycles. The predicted molar refractivity (Wildman–Crippen MR) is 244 cm³/mol. The van der Waals surface area contributed by atoms with Crippen molar-refractivity contribution in [2.45, 2.75) is 174 Å². The van der Waals surface area contributed by atoms with Crippen molar-refractivity contribution < 1.29 is 63.0 Å². The fourth-order valence-corrected chi connectivity index (χ4v) is 10.1. The minimum Gasteiger partial charge on any atom is -0.460 e. The predicted octanol–water partition coefficient (Wildman–Crippen LogP) is 5.98. The summed E-state index contributed by atoms with van der Waals surface area (Å²) >= 11 is 0. The van der Waals surface area contributed by atoms with Crippen LogP contribution in [0.25, 0.3) is 0 Å². The molecule has 0 aromatic rings. The average Bonchev–Trinajstić information content (AvgIpc) is 3.28. The summed E-state index contributed by atoms with van der Waals surface area (Å²) in [7, 11) is 3.12. The lowest BCUT2D eigenvalue weighted by atomic mass is 9.78. The van der Waals surface area contributed by atoms with Crippen LogP contribution in [0, 0.1) is 41.4 Å². The second-order valence-electron chi connectivity index (χ2n) is 19.6. The SMILES string of the molecule is CO[C@H]1C[C@@H]2CC[C@@H](C)[C@@](O)(O2)C(=O)C(=O)N2CCCC[C@H]2C(=O)O[C@H]([C@H](C)C[C@@H]2CC[C@@H](O)[C@H](OC)C2)CC(=O)[C@H](C)/C=C(\C)[C@@H](O)[C@@H](C=O)C(=O)[C@H](C)C[C@H](C)/C=C/C=C/C=C/1C. The van der Waals surface area contributed by atoms with Gasteiger partial charge in [-0.3, -0.25) is 19.2 Å². The molecule has 3 heterocycles. The summed E-state index contributed by atoms with van der Waals surface area (Å²) in [4.78, 5) is 83.9. The van der Waals surface area contributed by atoms with E-state index in [0.29, 0.717) is 70.5 Å². The van der Waals surface area contributed by atoms with E-state index in [1.54, 1.807) is 41.9 Å². The van der Waals surface area contributed by atoms with E-state index in [2.05, 4.69) is 0 Å². The zero-order valence-electron chi connectivity index (χ0n) is 40.2. The summed E-state index contributed by atoms with van der Waals surface area (Å²) in [5.74, 6) is -9.83. The number of carbonyl (C=O) groups is 6. The number of piperidine rings is 1. The van der Waals surface area contributed by atoms with Gasteiger partial charge in [-0.1, -0.05) is 71.1 Å². The number of ketones is 3. The quantitative estimate of drug-likeness (QED) is 0.0925. The molecule has 15 atom stereocenters. The third-order valence-electron chi connectivity index (χ3n) is 14.5. The second kappa shape index (κ2) is 24.9. The van der Waals surface area contributed by atoms with Gasteiger partial charge in [0, 0.05) is 51.4 Å². The maximum absolute atomic E-state index is 14.3. The molecule has 65 heavy (non-hydrogen) atoms. The lowest BCUT2D eigenvalue weighted by Crippen LogP contribution is -2.61. The van der Waals surface area contributed by atoms with Gasteiger partial charge >= 0.3 is 5.97 Å². The van der Waals surface area contributed by atoms with E-state index in [9.17, 15) is 44.1 Å². The Morgan fingerprint density at radius 3 is 2.29 bits per heavy atom. The summed E-state index contributed by atoms with van der Waals surface area (Å²) in [6.07, 6.45) is 12.1. The van der Waals surface area contributed by atoms with E-state index >= 15 is 0 Å². The second-order valence-corrected chi connectivity index (χ2v) is 19.6. The number of hydrogen-bond donors (Lipinski definition) is 3. The molecule has 14 nitrogen and oxygen atoms in total. The molecule has 0 aromatic heterocycles. The van der Waals surface area contributed by atoms with Gasteiger partial charge in [-0.2, -0.15) is 0 Å². The van der Waals surface area contributed by atoms with Gasteiger partial charge in [0.05, 0.1) is 30.5 Å². The highest BCUT2D eigenvalue weighted by molar-refractivity contribution is 6.39. The number of rotatable bonds is 6. The molecule has 4 aliphatic rings. The van der Waals surface area contributed by atoms with Gasteiger partial charge in [0.15, 0.2) is 0 Å². The zero-order chi connectivity index (χ0) is 48.2. The van der Waals surface area contributed by atoms with Crippen molar-refractivity contribution >= 4 is 35.5 Å². The highest BCUT2D eigenvalue weighted by Crippen LogP contribution is 2.38. The Kier molecular flexibility index (Phi) is 20.7. The third-order valence-corrected chi connectivity index (χ3v) is 14.5. The van der Waals surface area contributed by atoms with E-state index in [0.717, 1.165) is 5.57 Å². The van der Waals surface area contributed by atoms with E-state index in [-0.39, 0.29) is 54.6 Å². The van der Waals surface area contributed by atoms with Gasteiger partial charge < -0.3 is 44.0 Å². The molecule has 4 rings (SSSR count). The standard InChI is InChI=1S/C51H77NO13/c1-30-15-11-10-12-16-31(2)43(62-8)27-38-20-18-36(7)51(61,65-38)48(58)49(59)52-22-14-13-17-40(52)50(60)64-44(33(4)25-37-19-21-41(54)45(26-37)63-9)28-42(55)32(3)24-35(6)47(57)39(29-53)46(56)34(5)23-30/h10-12,15-16,24,29-30,32-34,36-41,43-45,47,54,57,61H,13-14,17-23,25-28H2,1-9H3/b12-10+,15-11+,31-16+,35-24+/t30-,32-,33-,34-,36-,37+,38+,39+,40+,41-,43+,44+,45-,47-,51-/m1/s1. The molecule has 364 valence electrons. The molecule has 3 aliphatic heterocycles. The van der Waals surface area contributed by atoms with Crippen LogP contribution in [0.4, 0.5) is 0 Å². The van der Waals surface area contributed by atoms with E-state index in [4.69, 9.17) is 18.9 Å². The van der Waals surface area contributed by atoms with Gasteiger partial charge in [0.2, 0.25) is 5.79 Å². The van der Waals surface area contributed by atoms with E-state index in [1.807, 2.05) is 51.2 Å². The number of hydrogen-bond acceptors (Lipinski definition) is 13. The van der Waals surface area contributed by atoms with Gasteiger partial charge in [0.1, 0.15) is 35.9 Å². The first-order valence-electron chi connectivity index (χ1n) is 23.8. The van der Waals surface area contributed by atoms with Crippen LogP contribution in [0.15, 0.2) is 47.6 Å². The number of aldehydes is 1. The smallest absolute Gasteiger partial charge is 0.329 e. The van der Waals surface area contributed by atoms with Crippen LogP contribution < -0.4 is 0 Å². The molecule has 0 spiro atoms. The number of allylic oxidation sites excluding steroid dienone is 6. The minimum atomic E-state index is -2.44. The Hall–Kier alpha value is -3.66. The van der Waals surface area contributed by atoms with Gasteiger partial charge in [0.25, 0.3) is 11.7 Å². The molecule has 1 aliphatic carbocycles. The first-order chi connectivity index (χ1) is 30.7. The number of Topliss-reactive ketones (excluding diaryl/α,β-unsaturated/α-hetero) is 3. The zero-order valence-corrected chi connectivity index (χ0v) is 40.2. The highest BCUT2D eigenvalue weighted by atomic mass is 16.6. The van der Waals surface area contributed by atoms with Crippen LogP contribution in [0.2, 0.25) is 0 Å². The monoisotopic (exact) mass is 912 g/mol. The van der Waals surface area contributed by atoms with Crippen LogP contribution in [-0.4, -0.2) is 125 Å². The Morgan fingerprint density at radius 2 is 1.62 bits per heavy atom. The largest absolute Gasteiger partial charge is 0.460 e. The van der Waals surface area contributed by atoms with Crippen molar-refractivity contribution in [3.8, 4) is 0 Å². The molecule has 0 unspecified atom stereocenters. The maximum atomic E-state index is 14.3. The van der Waals surface area contributed by atoms with Crippen LogP contribution in [0.5, 0.6) is 0 Å². The van der Waals surface area contributed by atoms with Crippen LogP contribution in [0.1, 0.15) is 126 Å². The van der Waals surface area contributed by atoms with Crippen molar-refractivity contribution in [2.75, 3.05) is 20.8 Å². The topological polar surface area (TPSA) is 203 Å². The summed E-state index contributed by atoms with van der Waals surface area (Å²) in [5.41, 5.74) is 1.14. The number of aliphatic hydroxyl groups excluding tert-OH is 2. The number of amides is 1. The molecule has 3 fully saturated rings. The number of carbonyl (C=O) groups excluding carboxylic acids is 6. The molecule has 3 N–H and O–H groups in total. The van der Waals surface area contributed by atoms with Crippen molar-refractivity contribution in [2.24, 2.45) is 41.4 Å². The van der Waals surface area contributed by atoms with Crippen molar-refractivity contribution in [1.29, 1.82) is 0 Å². The van der Waals surface area contributed by atoms with Gasteiger partial charge in [-0.25, -0.2) is 4.79 Å². The Labute approximate surface area is 386 Å². The molecule has 14 heteroatoms. The van der Waals surface area contributed by atoms with Crippen molar-refractivity contribution in [3.63, 3.8) is 0 Å². The molecular weight excluding hydrogens is 835 g/mol. The number of aliphatic hydroxyl groups is 3. The Balaban J connectivity index is 1.70. The normalized spacial score (nSPS) is 40.3. The summed E-state index contributed by atoms with van der Waals surface area (Å²) in [6.45, 7) is 12.4.